The average Bonchev–Trinajstić information content (AvgIpc) is 2.59. The van der Waals surface area contributed by atoms with Crippen LogP contribution >= 0.6 is 27.5 Å². The lowest BCUT2D eigenvalue weighted by Crippen LogP contribution is -2.12. The van der Waals surface area contributed by atoms with Crippen LogP contribution in [0, 0.1) is 5.82 Å². The fourth-order valence-electron chi connectivity index (χ4n) is 1.63. The van der Waals surface area contributed by atoms with Crippen LogP contribution < -0.4 is 5.73 Å². The molecule has 0 saturated heterocycles. The molecule has 1 unspecified atom stereocenters. The minimum absolute atomic E-state index is 0.308. The third-order valence-corrected chi connectivity index (χ3v) is 3.35. The lowest BCUT2D eigenvalue weighted by molar-refractivity contribution is 0.526. The molecule has 0 fully saturated rings. The smallest absolute Gasteiger partial charge is 0.141 e. The van der Waals surface area contributed by atoms with Crippen LogP contribution in [0.2, 0.25) is 5.02 Å². The van der Waals surface area contributed by atoms with Crippen molar-refractivity contribution in [2.75, 3.05) is 5.73 Å². The molecule has 0 radical (unpaired) electrons. The second-order valence-electron chi connectivity index (χ2n) is 3.66. The third kappa shape index (κ3) is 2.30. The van der Waals surface area contributed by atoms with Gasteiger partial charge in [-0.15, -0.1) is 0 Å². The van der Waals surface area contributed by atoms with Gasteiger partial charge in [-0.2, -0.15) is 5.10 Å². The zero-order chi connectivity index (χ0) is 12.6. The van der Waals surface area contributed by atoms with E-state index in [-0.39, 0.29) is 11.9 Å². The highest BCUT2D eigenvalue weighted by Gasteiger charge is 2.17. The van der Waals surface area contributed by atoms with Crippen molar-refractivity contribution in [1.29, 1.82) is 0 Å². The maximum Gasteiger partial charge on any atom is 0.141 e. The average molecular weight is 319 g/mol. The van der Waals surface area contributed by atoms with Crippen LogP contribution in [0.15, 0.2) is 28.9 Å². The first-order valence-electron chi connectivity index (χ1n) is 4.94. The molecule has 90 valence electrons. The van der Waals surface area contributed by atoms with E-state index in [1.54, 1.807) is 12.1 Å². The SMILES string of the molecule is CC(c1ccc(Br)cc1F)n1ncc(Cl)c1N. The Hall–Kier alpha value is -1.07. The van der Waals surface area contributed by atoms with Crippen LogP contribution in [0.4, 0.5) is 10.2 Å². The van der Waals surface area contributed by atoms with Gasteiger partial charge in [0.2, 0.25) is 0 Å². The lowest BCUT2D eigenvalue weighted by Gasteiger charge is -2.15. The van der Waals surface area contributed by atoms with E-state index >= 15 is 0 Å². The van der Waals surface area contributed by atoms with Crippen LogP contribution in [0.1, 0.15) is 18.5 Å². The molecular formula is C11H10BrClFN3. The molecule has 1 atom stereocenters. The molecule has 1 heterocycles. The van der Waals surface area contributed by atoms with Gasteiger partial charge in [-0.05, 0) is 19.1 Å². The summed E-state index contributed by atoms with van der Waals surface area (Å²) in [5.74, 6) is 0.0272. The van der Waals surface area contributed by atoms with E-state index < -0.39 is 0 Å². The predicted molar refractivity (Wildman–Crippen MR) is 69.6 cm³/mol. The van der Waals surface area contributed by atoms with Crippen LogP contribution in [0.5, 0.6) is 0 Å². The molecule has 1 aromatic carbocycles. The number of nitrogen functional groups attached to an aromatic ring is 1. The van der Waals surface area contributed by atoms with Gasteiger partial charge >= 0.3 is 0 Å². The second-order valence-corrected chi connectivity index (χ2v) is 4.99. The summed E-state index contributed by atoms with van der Waals surface area (Å²) in [7, 11) is 0. The number of nitrogens with two attached hydrogens (primary N) is 1. The van der Waals surface area contributed by atoms with Crippen LogP contribution in [0.3, 0.4) is 0 Å². The summed E-state index contributed by atoms with van der Waals surface area (Å²) < 4.78 is 16.0. The van der Waals surface area contributed by atoms with Crippen molar-refractivity contribution in [3.05, 3.63) is 45.3 Å². The van der Waals surface area contributed by atoms with Crippen molar-refractivity contribution in [2.45, 2.75) is 13.0 Å². The van der Waals surface area contributed by atoms with Gasteiger partial charge in [-0.1, -0.05) is 33.6 Å². The van der Waals surface area contributed by atoms with E-state index in [4.69, 9.17) is 17.3 Å². The maximum absolute atomic E-state index is 13.8. The van der Waals surface area contributed by atoms with Crippen molar-refractivity contribution < 1.29 is 4.39 Å². The van der Waals surface area contributed by atoms with Gasteiger partial charge in [0.25, 0.3) is 0 Å². The largest absolute Gasteiger partial charge is 0.383 e. The van der Waals surface area contributed by atoms with E-state index in [9.17, 15) is 4.39 Å². The Morgan fingerprint density at radius 3 is 2.76 bits per heavy atom. The van der Waals surface area contributed by atoms with E-state index in [1.165, 1.54) is 16.9 Å². The monoisotopic (exact) mass is 317 g/mol. The summed E-state index contributed by atoms with van der Waals surface area (Å²) in [5.41, 5.74) is 6.27. The Labute approximate surface area is 112 Å². The summed E-state index contributed by atoms with van der Waals surface area (Å²) >= 11 is 9.03. The van der Waals surface area contributed by atoms with Crippen molar-refractivity contribution in [2.24, 2.45) is 0 Å². The number of benzene rings is 1. The molecular weight excluding hydrogens is 308 g/mol. The molecule has 1 aromatic heterocycles. The Kier molecular flexibility index (Phi) is 3.40. The normalized spacial score (nSPS) is 12.7. The number of rotatable bonds is 2. The highest BCUT2D eigenvalue weighted by atomic mass is 79.9. The van der Waals surface area contributed by atoms with Crippen molar-refractivity contribution >= 4 is 33.3 Å². The standard InChI is InChI=1S/C11H10BrClFN3/c1-6(17-11(15)9(13)5-16-17)8-3-2-7(12)4-10(8)14/h2-6H,15H2,1H3. The fourth-order valence-corrected chi connectivity index (χ4v) is 2.09. The Bertz CT molecular complexity index is 556. The number of hydrogen-bond acceptors (Lipinski definition) is 2. The molecule has 3 nitrogen and oxygen atoms in total. The van der Waals surface area contributed by atoms with Gasteiger partial charge in [-0.25, -0.2) is 9.07 Å². The first-order chi connectivity index (χ1) is 8.00. The number of halogens is 3. The molecule has 0 amide bonds. The van der Waals surface area contributed by atoms with Crippen LogP contribution in [-0.2, 0) is 0 Å². The van der Waals surface area contributed by atoms with Gasteiger partial charge in [0.15, 0.2) is 0 Å². The summed E-state index contributed by atoms with van der Waals surface area (Å²) in [5, 5.41) is 4.41. The molecule has 0 aliphatic rings. The fraction of sp³-hybridized carbons (Fsp3) is 0.182. The van der Waals surface area contributed by atoms with Gasteiger partial charge < -0.3 is 5.73 Å². The zero-order valence-electron chi connectivity index (χ0n) is 8.99. The summed E-state index contributed by atoms with van der Waals surface area (Å²) in [6, 6.07) is 4.57. The Morgan fingerprint density at radius 2 is 2.24 bits per heavy atom. The molecule has 6 heteroatoms. The number of anilines is 1. The van der Waals surface area contributed by atoms with Gasteiger partial charge in [0.05, 0.1) is 12.2 Å². The number of aromatic nitrogens is 2. The number of hydrogen-bond donors (Lipinski definition) is 1. The highest BCUT2D eigenvalue weighted by Crippen LogP contribution is 2.28. The molecule has 2 aromatic rings. The zero-order valence-corrected chi connectivity index (χ0v) is 11.3. The molecule has 2 rings (SSSR count). The van der Waals surface area contributed by atoms with E-state index in [0.29, 0.717) is 20.9 Å². The molecule has 0 aliphatic carbocycles. The Balaban J connectivity index is 2.43. The minimum atomic E-state index is -0.310. The van der Waals surface area contributed by atoms with Crippen molar-refractivity contribution in [1.82, 2.24) is 9.78 Å². The van der Waals surface area contributed by atoms with E-state index in [1.807, 2.05) is 6.92 Å². The van der Waals surface area contributed by atoms with Gasteiger partial charge in [0.1, 0.15) is 16.7 Å². The Morgan fingerprint density at radius 1 is 1.53 bits per heavy atom. The maximum atomic E-state index is 13.8. The summed E-state index contributed by atoms with van der Waals surface area (Å²) in [6.07, 6.45) is 1.45. The first-order valence-corrected chi connectivity index (χ1v) is 6.11. The molecule has 17 heavy (non-hydrogen) atoms. The molecule has 0 spiro atoms. The van der Waals surface area contributed by atoms with Gasteiger partial charge in [-0.3, -0.25) is 0 Å². The quantitative estimate of drug-likeness (QED) is 0.919. The van der Waals surface area contributed by atoms with Crippen LogP contribution in [-0.4, -0.2) is 9.78 Å². The second kappa shape index (κ2) is 4.66. The molecule has 0 bridgehead atoms. The van der Waals surface area contributed by atoms with Gasteiger partial charge in [0, 0.05) is 10.0 Å². The molecule has 2 N–H and O–H groups in total. The minimum Gasteiger partial charge on any atom is -0.383 e. The summed E-state index contributed by atoms with van der Waals surface area (Å²) in [6.45, 7) is 1.81. The first kappa shape index (κ1) is 12.4. The van der Waals surface area contributed by atoms with Crippen molar-refractivity contribution in [3.63, 3.8) is 0 Å². The lowest BCUT2D eigenvalue weighted by atomic mass is 10.1. The highest BCUT2D eigenvalue weighted by molar-refractivity contribution is 9.10. The van der Waals surface area contributed by atoms with Crippen LogP contribution in [0.25, 0.3) is 0 Å². The number of nitrogens with zero attached hydrogens (tertiary/aromatic N) is 2. The molecule has 0 saturated carbocycles. The summed E-state index contributed by atoms with van der Waals surface area (Å²) in [4.78, 5) is 0. The predicted octanol–water partition coefficient (Wildman–Crippen LogP) is 3.63. The topological polar surface area (TPSA) is 43.8 Å². The van der Waals surface area contributed by atoms with E-state index in [2.05, 4.69) is 21.0 Å². The third-order valence-electron chi connectivity index (χ3n) is 2.57. The van der Waals surface area contributed by atoms with Crippen molar-refractivity contribution in [3.8, 4) is 0 Å². The van der Waals surface area contributed by atoms with E-state index in [0.717, 1.165) is 0 Å². The molecule has 0 aliphatic heterocycles.